The van der Waals surface area contributed by atoms with Crippen molar-refractivity contribution in [3.63, 3.8) is 0 Å². The standard InChI is InChI=1S/C27H48N12O9/c1-13-22(43)37-17(8-32-20(41)11-29-5)26(47)35-15(3)24(45)39-18(9-33-21(42)12-30-6)27(48)36-14(2)23(44)38-16(25(46)34-13)7-31-19(40)10-28-4/h13-18,28-30H,7-12H2,1-6H3,(H,31,40)(H,32,41)(H,33,42)(H,34,46)(H,35,47)(H,36,48)(H,37,43)(H,38,44)(H,39,45)/t13-,14-,15-,16+,17?,18?/m1/s1. The van der Waals surface area contributed by atoms with E-state index in [4.69, 9.17) is 0 Å². The molecule has 0 aromatic carbocycles. The molecule has 270 valence electrons. The molecule has 1 fully saturated rings. The molecule has 0 aliphatic carbocycles. The number of amides is 9. The summed E-state index contributed by atoms with van der Waals surface area (Å²) < 4.78 is 0. The fourth-order valence-electron chi connectivity index (χ4n) is 3.97. The third kappa shape index (κ3) is 14.7. The average Bonchev–Trinajstić information content (AvgIpc) is 3.02. The molecule has 2 unspecified atom stereocenters. The van der Waals surface area contributed by atoms with E-state index in [0.717, 1.165) is 0 Å². The van der Waals surface area contributed by atoms with Gasteiger partial charge in [-0.2, -0.15) is 0 Å². The molecule has 9 amide bonds. The fourth-order valence-corrected chi connectivity index (χ4v) is 3.97. The van der Waals surface area contributed by atoms with E-state index in [-0.39, 0.29) is 19.6 Å². The first-order chi connectivity index (χ1) is 22.6. The second kappa shape index (κ2) is 21.1. The van der Waals surface area contributed by atoms with Gasteiger partial charge in [0.2, 0.25) is 53.2 Å². The van der Waals surface area contributed by atoms with Gasteiger partial charge >= 0.3 is 0 Å². The van der Waals surface area contributed by atoms with Gasteiger partial charge < -0.3 is 63.8 Å². The quantitative estimate of drug-likeness (QED) is 0.0913. The predicted octanol–water partition coefficient (Wildman–Crippen LogP) is -8.02. The molecule has 0 saturated carbocycles. The maximum Gasteiger partial charge on any atom is 0.245 e. The third-order valence-corrected chi connectivity index (χ3v) is 6.68. The summed E-state index contributed by atoms with van der Waals surface area (Å²) in [5.74, 6) is -6.74. The lowest BCUT2D eigenvalue weighted by atomic mass is 10.1. The molecule has 21 heteroatoms. The Labute approximate surface area is 277 Å². The topological polar surface area (TPSA) is 298 Å². The molecular formula is C27H48N12O9. The second-order valence-corrected chi connectivity index (χ2v) is 10.9. The molecule has 48 heavy (non-hydrogen) atoms. The number of nitrogens with one attached hydrogen (secondary N) is 12. The highest BCUT2D eigenvalue weighted by Crippen LogP contribution is 1.97. The molecule has 0 aromatic rings. The molecule has 0 radical (unpaired) electrons. The predicted molar refractivity (Wildman–Crippen MR) is 169 cm³/mol. The summed E-state index contributed by atoms with van der Waals surface area (Å²) in [5.41, 5.74) is 0. The summed E-state index contributed by atoms with van der Waals surface area (Å²) in [6.45, 7) is 2.40. The number of hydrogen-bond donors (Lipinski definition) is 12. The van der Waals surface area contributed by atoms with Gasteiger partial charge in [0.1, 0.15) is 36.3 Å². The number of rotatable bonds is 12. The van der Waals surface area contributed by atoms with E-state index in [9.17, 15) is 43.2 Å². The summed E-state index contributed by atoms with van der Waals surface area (Å²) in [4.78, 5) is 115. The van der Waals surface area contributed by atoms with Gasteiger partial charge in [0, 0.05) is 19.6 Å². The molecule has 12 N–H and O–H groups in total. The Bertz CT molecular complexity index is 1060. The van der Waals surface area contributed by atoms with Crippen LogP contribution in [0.15, 0.2) is 0 Å². The first-order valence-electron chi connectivity index (χ1n) is 15.2. The van der Waals surface area contributed by atoms with E-state index in [1.165, 1.54) is 41.9 Å². The average molecular weight is 685 g/mol. The van der Waals surface area contributed by atoms with Crippen molar-refractivity contribution in [1.82, 2.24) is 63.8 Å². The van der Waals surface area contributed by atoms with Gasteiger partial charge in [0.05, 0.1) is 19.6 Å². The van der Waals surface area contributed by atoms with Crippen molar-refractivity contribution in [3.8, 4) is 0 Å². The SMILES string of the molecule is CNCC(=O)NCC1NC(=O)[C@@H](C)NC(=O)C(CNC(=O)CNC)NC(=O)[C@@H](C)NC(=O)[C@H](CNC(=O)CNC)NC(=O)[C@@H](C)NC1=O. The normalized spacial score (nSPS) is 24.6. The van der Waals surface area contributed by atoms with Crippen molar-refractivity contribution in [1.29, 1.82) is 0 Å². The Morgan fingerprint density at radius 1 is 0.438 bits per heavy atom. The van der Waals surface area contributed by atoms with Crippen molar-refractivity contribution < 1.29 is 43.2 Å². The fraction of sp³-hybridized carbons (Fsp3) is 0.667. The molecule has 1 heterocycles. The molecule has 1 aliphatic heterocycles. The molecule has 1 rings (SSSR count). The molecule has 21 nitrogen and oxygen atoms in total. The van der Waals surface area contributed by atoms with Gasteiger partial charge in [-0.1, -0.05) is 0 Å². The summed E-state index contributed by atoms with van der Waals surface area (Å²) in [6.07, 6.45) is 0. The zero-order chi connectivity index (χ0) is 36.4. The minimum absolute atomic E-state index is 0.0988. The maximum atomic E-state index is 13.2. The zero-order valence-corrected chi connectivity index (χ0v) is 27.9. The van der Waals surface area contributed by atoms with Gasteiger partial charge in [-0.3, -0.25) is 43.2 Å². The van der Waals surface area contributed by atoms with Crippen LogP contribution in [-0.2, 0) is 43.2 Å². The van der Waals surface area contributed by atoms with Gasteiger partial charge in [-0.05, 0) is 41.9 Å². The van der Waals surface area contributed by atoms with Crippen molar-refractivity contribution >= 4 is 53.2 Å². The molecule has 1 aliphatic rings. The number of likely N-dealkylation sites (N-methyl/N-ethyl adjacent to an activating group) is 3. The molecular weight excluding hydrogens is 636 g/mol. The monoisotopic (exact) mass is 684 g/mol. The van der Waals surface area contributed by atoms with Gasteiger partial charge in [0.15, 0.2) is 0 Å². The highest BCUT2D eigenvalue weighted by molar-refractivity contribution is 5.98. The Balaban J connectivity index is 3.45. The first-order valence-corrected chi connectivity index (χ1v) is 15.2. The molecule has 0 bridgehead atoms. The smallest absolute Gasteiger partial charge is 0.245 e. The van der Waals surface area contributed by atoms with Crippen LogP contribution in [0.2, 0.25) is 0 Å². The van der Waals surface area contributed by atoms with Crippen molar-refractivity contribution in [2.24, 2.45) is 0 Å². The van der Waals surface area contributed by atoms with Crippen LogP contribution >= 0.6 is 0 Å². The molecule has 0 spiro atoms. The summed E-state index contributed by atoms with van der Waals surface area (Å²) in [6, 6.07) is -8.15. The maximum absolute atomic E-state index is 13.2. The Morgan fingerprint density at radius 3 is 0.875 bits per heavy atom. The Hall–Kier alpha value is -4.89. The lowest BCUT2D eigenvalue weighted by Crippen LogP contribution is -2.63. The number of carbonyl (C=O) groups is 9. The highest BCUT2D eigenvalue weighted by atomic mass is 16.2. The van der Waals surface area contributed by atoms with Gasteiger partial charge in [-0.25, -0.2) is 0 Å². The summed E-state index contributed by atoms with van der Waals surface area (Å²) >= 11 is 0. The highest BCUT2D eigenvalue weighted by Gasteiger charge is 2.32. The van der Waals surface area contributed by atoms with Crippen LogP contribution in [0.5, 0.6) is 0 Å². The van der Waals surface area contributed by atoms with Crippen LogP contribution in [0, 0.1) is 0 Å². The van der Waals surface area contributed by atoms with Crippen molar-refractivity contribution in [3.05, 3.63) is 0 Å². The molecule has 6 atom stereocenters. The van der Waals surface area contributed by atoms with E-state index in [1.807, 2.05) is 0 Å². The third-order valence-electron chi connectivity index (χ3n) is 6.68. The van der Waals surface area contributed by atoms with Crippen LogP contribution in [-0.4, -0.2) is 150 Å². The lowest BCUT2D eigenvalue weighted by molar-refractivity contribution is -0.136. The van der Waals surface area contributed by atoms with Crippen LogP contribution in [0.25, 0.3) is 0 Å². The number of carbonyl (C=O) groups excluding carboxylic acids is 9. The molecule has 0 aromatic heterocycles. The minimum atomic E-state index is -1.43. The second-order valence-electron chi connectivity index (χ2n) is 10.9. The number of hydrogen-bond acceptors (Lipinski definition) is 12. The van der Waals surface area contributed by atoms with E-state index >= 15 is 0 Å². The van der Waals surface area contributed by atoms with E-state index in [1.54, 1.807) is 0 Å². The van der Waals surface area contributed by atoms with Gasteiger partial charge in [-0.15, -0.1) is 0 Å². The zero-order valence-electron chi connectivity index (χ0n) is 27.9. The van der Waals surface area contributed by atoms with Crippen LogP contribution in [0.4, 0.5) is 0 Å². The Kier molecular flexibility index (Phi) is 18.1. The van der Waals surface area contributed by atoms with Crippen LogP contribution in [0.1, 0.15) is 20.8 Å². The molecule has 1 saturated heterocycles. The largest absolute Gasteiger partial charge is 0.352 e. The van der Waals surface area contributed by atoms with E-state index < -0.39 is 109 Å². The Morgan fingerprint density at radius 2 is 0.667 bits per heavy atom. The van der Waals surface area contributed by atoms with Crippen molar-refractivity contribution in [2.75, 3.05) is 60.4 Å². The lowest BCUT2D eigenvalue weighted by Gasteiger charge is -2.27. The minimum Gasteiger partial charge on any atom is -0.352 e. The summed E-state index contributed by atoms with van der Waals surface area (Å²) in [7, 11) is 4.58. The first kappa shape index (κ1) is 41.1. The van der Waals surface area contributed by atoms with Crippen LogP contribution < -0.4 is 63.8 Å². The summed E-state index contributed by atoms with van der Waals surface area (Å²) in [5, 5.41) is 29.8. The van der Waals surface area contributed by atoms with Crippen LogP contribution in [0.3, 0.4) is 0 Å². The van der Waals surface area contributed by atoms with E-state index in [2.05, 4.69) is 63.8 Å². The van der Waals surface area contributed by atoms with E-state index in [0.29, 0.717) is 0 Å². The van der Waals surface area contributed by atoms with Crippen molar-refractivity contribution in [2.45, 2.75) is 57.0 Å². The van der Waals surface area contributed by atoms with Gasteiger partial charge in [0.25, 0.3) is 0 Å².